The van der Waals surface area contributed by atoms with Gasteiger partial charge in [-0.1, -0.05) is 35.8 Å². The van der Waals surface area contributed by atoms with Crippen LogP contribution in [-0.4, -0.2) is 10.5 Å². The molecule has 3 nitrogen and oxygen atoms in total. The molecule has 2 rings (SSSR count). The molecular weight excluding hydrogens is 292 g/mol. The van der Waals surface area contributed by atoms with E-state index in [9.17, 15) is 4.79 Å². The Kier molecular flexibility index (Phi) is 4.64. The number of carbonyl (C=O) groups is 1. The number of benzene rings is 1. The van der Waals surface area contributed by atoms with Gasteiger partial charge in [0.25, 0.3) is 0 Å². The van der Waals surface area contributed by atoms with E-state index in [-0.39, 0.29) is 5.91 Å². The molecule has 0 N–H and O–H groups in total. The standard InChI is InChI=1S/C15H15ClN2OS/c1-4-6-13(19)17-15-18(9-5-2)14-10(3)11(16)7-8-12(14)20-15/h2,7-8H,4,6,9H2,1,3H3. The summed E-state index contributed by atoms with van der Waals surface area (Å²) in [5, 5.41) is 0.688. The van der Waals surface area contributed by atoms with E-state index in [1.165, 1.54) is 11.3 Å². The highest BCUT2D eigenvalue weighted by Gasteiger charge is 2.11. The predicted molar refractivity (Wildman–Crippen MR) is 83.9 cm³/mol. The maximum Gasteiger partial charge on any atom is 0.248 e. The third kappa shape index (κ3) is 2.79. The van der Waals surface area contributed by atoms with Crippen LogP contribution in [0.25, 0.3) is 10.2 Å². The first-order valence-corrected chi connectivity index (χ1v) is 7.57. The van der Waals surface area contributed by atoms with E-state index in [1.54, 1.807) is 0 Å². The van der Waals surface area contributed by atoms with Gasteiger partial charge in [-0.2, -0.15) is 4.99 Å². The second kappa shape index (κ2) is 6.25. The fourth-order valence-corrected chi connectivity index (χ4v) is 3.27. The van der Waals surface area contributed by atoms with Crippen molar-refractivity contribution in [3.63, 3.8) is 0 Å². The molecule has 1 aromatic carbocycles. The number of amides is 1. The van der Waals surface area contributed by atoms with Gasteiger partial charge < -0.3 is 4.57 Å². The van der Waals surface area contributed by atoms with Crippen molar-refractivity contribution >= 4 is 39.1 Å². The molecule has 1 amide bonds. The lowest BCUT2D eigenvalue weighted by Crippen LogP contribution is -2.16. The predicted octanol–water partition coefficient (Wildman–Crippen LogP) is 3.53. The molecule has 0 saturated carbocycles. The highest BCUT2D eigenvalue weighted by Crippen LogP contribution is 2.27. The zero-order valence-electron chi connectivity index (χ0n) is 11.4. The maximum absolute atomic E-state index is 11.7. The molecule has 0 spiro atoms. The topological polar surface area (TPSA) is 34.4 Å². The first-order chi connectivity index (χ1) is 9.58. The third-order valence-corrected chi connectivity index (χ3v) is 4.42. The number of fused-ring (bicyclic) bond motifs is 1. The number of hydrogen-bond acceptors (Lipinski definition) is 2. The van der Waals surface area contributed by atoms with Crippen LogP contribution in [0.4, 0.5) is 0 Å². The zero-order chi connectivity index (χ0) is 14.7. The Morgan fingerprint density at radius 1 is 1.55 bits per heavy atom. The van der Waals surface area contributed by atoms with Gasteiger partial charge in [-0.3, -0.25) is 4.79 Å². The van der Waals surface area contributed by atoms with Crippen molar-refractivity contribution in [2.75, 3.05) is 0 Å². The number of hydrogen-bond donors (Lipinski definition) is 0. The summed E-state index contributed by atoms with van der Waals surface area (Å²) in [6.07, 6.45) is 6.66. The Bertz CT molecular complexity index is 764. The molecule has 0 aliphatic rings. The zero-order valence-corrected chi connectivity index (χ0v) is 13.0. The molecule has 0 bridgehead atoms. The van der Waals surface area contributed by atoms with Gasteiger partial charge in [0.2, 0.25) is 5.91 Å². The first kappa shape index (κ1) is 14.8. The molecule has 0 aliphatic heterocycles. The first-order valence-electron chi connectivity index (χ1n) is 6.38. The number of aromatic nitrogens is 1. The number of thiazole rings is 1. The summed E-state index contributed by atoms with van der Waals surface area (Å²) < 4.78 is 2.92. The Balaban J connectivity index is 2.73. The molecule has 1 heterocycles. The molecule has 0 radical (unpaired) electrons. The van der Waals surface area contributed by atoms with Gasteiger partial charge in [-0.05, 0) is 31.0 Å². The van der Waals surface area contributed by atoms with Crippen LogP contribution in [-0.2, 0) is 11.3 Å². The molecule has 0 atom stereocenters. The van der Waals surface area contributed by atoms with Gasteiger partial charge in [0.15, 0.2) is 4.80 Å². The van der Waals surface area contributed by atoms with E-state index in [2.05, 4.69) is 10.9 Å². The number of carbonyl (C=O) groups excluding carboxylic acids is 1. The van der Waals surface area contributed by atoms with Gasteiger partial charge in [0.05, 0.1) is 16.8 Å². The highest BCUT2D eigenvalue weighted by molar-refractivity contribution is 7.16. The minimum absolute atomic E-state index is 0.117. The van der Waals surface area contributed by atoms with E-state index in [4.69, 9.17) is 18.0 Å². The van der Waals surface area contributed by atoms with Gasteiger partial charge >= 0.3 is 0 Å². The van der Waals surface area contributed by atoms with Crippen molar-refractivity contribution in [2.24, 2.45) is 4.99 Å². The van der Waals surface area contributed by atoms with Crippen molar-refractivity contribution < 1.29 is 4.79 Å². The number of halogens is 1. The lowest BCUT2D eigenvalue weighted by molar-refractivity contribution is -0.118. The normalized spacial score (nSPS) is 11.8. The lowest BCUT2D eigenvalue weighted by Gasteiger charge is -2.04. The van der Waals surface area contributed by atoms with Crippen LogP contribution in [0.2, 0.25) is 5.02 Å². The Hall–Kier alpha value is -1.57. The summed E-state index contributed by atoms with van der Waals surface area (Å²) in [7, 11) is 0. The number of rotatable bonds is 3. The summed E-state index contributed by atoms with van der Waals surface area (Å²) in [4.78, 5) is 16.6. The van der Waals surface area contributed by atoms with Crippen LogP contribution in [0.15, 0.2) is 17.1 Å². The van der Waals surface area contributed by atoms with Gasteiger partial charge in [-0.25, -0.2) is 0 Å². The molecule has 0 unspecified atom stereocenters. The minimum atomic E-state index is -0.117. The number of nitrogens with zero attached hydrogens (tertiary/aromatic N) is 2. The van der Waals surface area contributed by atoms with E-state index in [0.29, 0.717) is 22.8 Å². The van der Waals surface area contributed by atoms with Crippen LogP contribution in [0.5, 0.6) is 0 Å². The molecule has 0 fully saturated rings. The maximum atomic E-state index is 11.7. The Morgan fingerprint density at radius 3 is 2.95 bits per heavy atom. The molecule has 5 heteroatoms. The molecule has 20 heavy (non-hydrogen) atoms. The Labute approximate surface area is 126 Å². The van der Waals surface area contributed by atoms with E-state index in [0.717, 1.165) is 22.2 Å². The monoisotopic (exact) mass is 306 g/mol. The molecule has 1 aromatic heterocycles. The van der Waals surface area contributed by atoms with Crippen molar-refractivity contribution in [3.05, 3.63) is 27.5 Å². The third-order valence-electron chi connectivity index (χ3n) is 2.96. The minimum Gasteiger partial charge on any atom is -0.304 e. The number of terminal acetylenes is 1. The van der Waals surface area contributed by atoms with E-state index >= 15 is 0 Å². The smallest absolute Gasteiger partial charge is 0.248 e. The average molecular weight is 307 g/mol. The molecule has 2 aromatic rings. The van der Waals surface area contributed by atoms with Crippen LogP contribution in [0.1, 0.15) is 25.3 Å². The quantitative estimate of drug-likeness (QED) is 0.799. The van der Waals surface area contributed by atoms with Crippen LogP contribution >= 0.6 is 22.9 Å². The molecule has 0 saturated heterocycles. The second-order valence-corrected chi connectivity index (χ2v) is 5.87. The van der Waals surface area contributed by atoms with Gasteiger partial charge in [0, 0.05) is 11.4 Å². The summed E-state index contributed by atoms with van der Waals surface area (Å²) in [6.45, 7) is 4.28. The van der Waals surface area contributed by atoms with Crippen molar-refractivity contribution in [2.45, 2.75) is 33.2 Å². The highest BCUT2D eigenvalue weighted by atomic mass is 35.5. The fraction of sp³-hybridized carbons (Fsp3) is 0.333. The van der Waals surface area contributed by atoms with Crippen molar-refractivity contribution in [1.29, 1.82) is 0 Å². The lowest BCUT2D eigenvalue weighted by atomic mass is 10.2. The van der Waals surface area contributed by atoms with E-state index in [1.807, 2.05) is 30.5 Å². The van der Waals surface area contributed by atoms with Crippen molar-refractivity contribution in [1.82, 2.24) is 4.57 Å². The Morgan fingerprint density at radius 2 is 2.30 bits per heavy atom. The summed E-state index contributed by atoms with van der Waals surface area (Å²) >= 11 is 7.63. The van der Waals surface area contributed by atoms with Crippen LogP contribution in [0.3, 0.4) is 0 Å². The SMILES string of the molecule is C#CCn1c(=NC(=O)CCC)sc2ccc(Cl)c(C)c21. The number of aryl methyl sites for hydroxylation is 1. The average Bonchev–Trinajstić information content (AvgIpc) is 2.74. The van der Waals surface area contributed by atoms with Crippen LogP contribution in [0, 0.1) is 19.3 Å². The summed E-state index contributed by atoms with van der Waals surface area (Å²) in [6, 6.07) is 3.79. The molecular formula is C15H15ClN2OS. The summed E-state index contributed by atoms with van der Waals surface area (Å²) in [5.74, 6) is 2.49. The van der Waals surface area contributed by atoms with Crippen molar-refractivity contribution in [3.8, 4) is 12.3 Å². The van der Waals surface area contributed by atoms with E-state index < -0.39 is 0 Å². The van der Waals surface area contributed by atoms with Gasteiger partial charge in [0.1, 0.15) is 0 Å². The largest absolute Gasteiger partial charge is 0.304 e. The van der Waals surface area contributed by atoms with Crippen LogP contribution < -0.4 is 4.80 Å². The second-order valence-electron chi connectivity index (χ2n) is 4.45. The molecule has 0 aliphatic carbocycles. The summed E-state index contributed by atoms with van der Waals surface area (Å²) in [5.41, 5.74) is 1.92. The molecule has 104 valence electrons. The van der Waals surface area contributed by atoms with Gasteiger partial charge in [-0.15, -0.1) is 6.42 Å². The fourth-order valence-electron chi connectivity index (χ4n) is 2.02.